The third-order valence-electron chi connectivity index (χ3n) is 5.91. The van der Waals surface area contributed by atoms with E-state index in [2.05, 4.69) is 77.2 Å². The summed E-state index contributed by atoms with van der Waals surface area (Å²) >= 11 is 1.85. The maximum absolute atomic E-state index is 8.00. The van der Waals surface area contributed by atoms with Gasteiger partial charge in [-0.15, -0.1) is 11.8 Å². The van der Waals surface area contributed by atoms with Crippen LogP contribution in [-0.4, -0.2) is 39.5 Å². The Labute approximate surface area is 232 Å². The van der Waals surface area contributed by atoms with Crippen molar-refractivity contribution in [3.05, 3.63) is 53.2 Å². The van der Waals surface area contributed by atoms with Crippen molar-refractivity contribution in [3.63, 3.8) is 0 Å². The topological polar surface area (TPSA) is 133 Å². The Balaban J connectivity index is 0.000000338. The van der Waals surface area contributed by atoms with Gasteiger partial charge < -0.3 is 21.6 Å². The lowest BCUT2D eigenvalue weighted by atomic mass is 10.1. The van der Waals surface area contributed by atoms with Gasteiger partial charge in [-0.2, -0.15) is 0 Å². The monoisotopic (exact) mass is 539 g/mol. The summed E-state index contributed by atoms with van der Waals surface area (Å²) in [5, 5.41) is 3.01. The van der Waals surface area contributed by atoms with Crippen LogP contribution in [0.25, 0.3) is 11.4 Å². The van der Waals surface area contributed by atoms with E-state index < -0.39 is 0 Å². The number of benzene rings is 1. The van der Waals surface area contributed by atoms with Crippen molar-refractivity contribution < 1.29 is 4.79 Å². The third kappa shape index (κ3) is 10.4. The number of nitrogens with one attached hydrogen (secondary N) is 1. The third-order valence-corrected chi connectivity index (χ3v) is 6.81. The molecule has 5 N–H and O–H groups in total. The van der Waals surface area contributed by atoms with Gasteiger partial charge in [0.05, 0.1) is 28.3 Å². The molecular formula is C29H45N7OS. The molecule has 1 aromatic carbocycles. The van der Waals surface area contributed by atoms with Crippen molar-refractivity contribution >= 4 is 30.1 Å². The van der Waals surface area contributed by atoms with Crippen LogP contribution in [0.15, 0.2) is 35.5 Å². The fourth-order valence-corrected chi connectivity index (χ4v) is 3.87. The van der Waals surface area contributed by atoms with Crippen LogP contribution in [0, 0.1) is 19.8 Å². The number of thioether (sulfide) groups is 1. The van der Waals surface area contributed by atoms with Crippen LogP contribution in [0.2, 0.25) is 0 Å². The molecule has 8 nitrogen and oxygen atoms in total. The molecule has 9 heteroatoms. The molecule has 2 aromatic heterocycles. The molecule has 0 atom stereocenters. The van der Waals surface area contributed by atoms with Gasteiger partial charge in [0.25, 0.3) is 0 Å². The quantitative estimate of drug-likeness (QED) is 0.301. The molecule has 38 heavy (non-hydrogen) atoms. The van der Waals surface area contributed by atoms with Gasteiger partial charge in [-0.3, -0.25) is 0 Å². The van der Waals surface area contributed by atoms with Gasteiger partial charge in [-0.25, -0.2) is 19.9 Å². The molecule has 1 aliphatic rings. The molecule has 3 aromatic rings. The van der Waals surface area contributed by atoms with Crippen molar-refractivity contribution in [1.82, 2.24) is 19.9 Å². The van der Waals surface area contributed by atoms with Crippen LogP contribution < -0.4 is 16.8 Å². The largest absolute Gasteiger partial charge is 0.394 e. The predicted octanol–water partition coefficient (Wildman–Crippen LogP) is 6.18. The number of anilines is 2. The Morgan fingerprint density at radius 1 is 1.05 bits per heavy atom. The minimum absolute atomic E-state index is 0.520. The smallest absolute Gasteiger partial charge is 0.165 e. The molecule has 1 saturated carbocycles. The van der Waals surface area contributed by atoms with Crippen molar-refractivity contribution in [2.45, 2.75) is 78.2 Å². The Morgan fingerprint density at radius 2 is 1.66 bits per heavy atom. The second-order valence-electron chi connectivity index (χ2n) is 9.22. The van der Waals surface area contributed by atoms with Crippen LogP contribution in [-0.2, 0) is 11.3 Å². The summed E-state index contributed by atoms with van der Waals surface area (Å²) in [7, 11) is 1.80. The van der Waals surface area contributed by atoms with Gasteiger partial charge in [0.1, 0.15) is 13.1 Å². The number of hydrogen-bond acceptors (Lipinski definition) is 9. The van der Waals surface area contributed by atoms with E-state index in [1.54, 1.807) is 13.4 Å². The molecule has 0 unspecified atom stereocenters. The molecule has 0 amide bonds. The second-order valence-corrected chi connectivity index (χ2v) is 10.6. The van der Waals surface area contributed by atoms with Crippen molar-refractivity contribution in [2.75, 3.05) is 23.9 Å². The summed E-state index contributed by atoms with van der Waals surface area (Å²) in [4.78, 5) is 27.1. The van der Waals surface area contributed by atoms with E-state index in [1.807, 2.05) is 32.4 Å². The molecule has 0 aliphatic heterocycles. The molecule has 208 valence electrons. The lowest BCUT2D eigenvalue weighted by Crippen LogP contribution is -2.07. The number of carbonyl (C=O) groups is 1. The van der Waals surface area contributed by atoms with E-state index in [9.17, 15) is 0 Å². The summed E-state index contributed by atoms with van der Waals surface area (Å²) < 4.78 is 0. The Morgan fingerprint density at radius 3 is 2.13 bits per heavy atom. The van der Waals surface area contributed by atoms with E-state index in [0.717, 1.165) is 34.3 Å². The first-order valence-electron chi connectivity index (χ1n) is 13.1. The van der Waals surface area contributed by atoms with Gasteiger partial charge in [-0.1, -0.05) is 46.2 Å². The Bertz CT molecular complexity index is 1100. The zero-order valence-corrected chi connectivity index (χ0v) is 24.9. The maximum atomic E-state index is 8.00. The SMILES string of the molecule is C=O.CCC(C)C.CCSc1ccc(CN)cc1.CNc1nc(-c2c(C)ncnc2C2CC2)nc(C)c1N. The van der Waals surface area contributed by atoms with E-state index in [1.165, 1.54) is 29.7 Å². The standard InChI is InChI=1S/C14H18N6.C9H13NS.C5H12.CH2O/c1-7-10(12(9-4-5-9)18-6-17-7)13-19-8(2)11(15)14(16-3)20-13;1-2-11-9-5-3-8(7-10)4-6-9;1-4-5(2)3;1-2/h6,9H,4-5,15H2,1-3H3,(H,16,19,20);3-6H,2,7,10H2,1H3;5H,4H2,1-3H3;1H2. The van der Waals surface area contributed by atoms with Crippen LogP contribution in [0.4, 0.5) is 11.5 Å². The molecule has 2 heterocycles. The summed E-state index contributed by atoms with van der Waals surface area (Å²) in [6, 6.07) is 8.41. The van der Waals surface area contributed by atoms with Crippen molar-refractivity contribution in [1.29, 1.82) is 0 Å². The lowest BCUT2D eigenvalue weighted by molar-refractivity contribution is -0.0980. The number of nitrogens with zero attached hydrogens (tertiary/aromatic N) is 4. The second kappa shape index (κ2) is 17.5. The van der Waals surface area contributed by atoms with E-state index >= 15 is 0 Å². The highest BCUT2D eigenvalue weighted by atomic mass is 32.2. The highest BCUT2D eigenvalue weighted by Crippen LogP contribution is 2.43. The molecular weight excluding hydrogens is 494 g/mol. The highest BCUT2D eigenvalue weighted by molar-refractivity contribution is 7.99. The average Bonchev–Trinajstić information content (AvgIpc) is 3.78. The maximum Gasteiger partial charge on any atom is 0.165 e. The fourth-order valence-electron chi connectivity index (χ4n) is 3.21. The van der Waals surface area contributed by atoms with E-state index in [-0.39, 0.29) is 0 Å². The predicted molar refractivity (Wildman–Crippen MR) is 161 cm³/mol. The zero-order valence-electron chi connectivity index (χ0n) is 24.0. The first-order chi connectivity index (χ1) is 18.2. The van der Waals surface area contributed by atoms with Crippen LogP contribution in [0.3, 0.4) is 0 Å². The van der Waals surface area contributed by atoms with Gasteiger partial charge in [0.15, 0.2) is 11.6 Å². The van der Waals surface area contributed by atoms with E-state index in [4.69, 9.17) is 16.3 Å². The highest BCUT2D eigenvalue weighted by Gasteiger charge is 2.30. The Hall–Kier alpha value is -3.04. The van der Waals surface area contributed by atoms with Gasteiger partial charge in [0, 0.05) is 24.4 Å². The minimum Gasteiger partial charge on any atom is -0.394 e. The van der Waals surface area contributed by atoms with Crippen molar-refractivity contribution in [2.24, 2.45) is 11.7 Å². The summed E-state index contributed by atoms with van der Waals surface area (Å²) in [6.07, 6.45) is 5.28. The summed E-state index contributed by atoms with van der Waals surface area (Å²) in [5.74, 6) is 3.84. The molecule has 4 rings (SSSR count). The van der Waals surface area contributed by atoms with Gasteiger partial charge in [0.2, 0.25) is 0 Å². The number of hydrogen-bond donors (Lipinski definition) is 3. The normalized spacial score (nSPS) is 11.8. The molecule has 0 saturated heterocycles. The minimum atomic E-state index is 0.520. The van der Waals surface area contributed by atoms with Crippen molar-refractivity contribution in [3.8, 4) is 11.4 Å². The molecule has 0 spiro atoms. The van der Waals surface area contributed by atoms with Crippen LogP contribution in [0.1, 0.15) is 75.5 Å². The molecule has 1 aliphatic carbocycles. The first kappa shape index (κ1) is 33.0. The summed E-state index contributed by atoms with van der Waals surface area (Å²) in [5.41, 5.74) is 16.9. The zero-order chi connectivity index (χ0) is 28.7. The first-order valence-corrected chi connectivity index (χ1v) is 14.1. The number of nitrogens with two attached hydrogens (primary N) is 2. The number of rotatable bonds is 7. The van der Waals surface area contributed by atoms with Crippen LogP contribution >= 0.6 is 11.8 Å². The van der Waals surface area contributed by atoms with Gasteiger partial charge >= 0.3 is 0 Å². The Kier molecular flexibility index (Phi) is 15.2. The summed E-state index contributed by atoms with van der Waals surface area (Å²) in [6.45, 7) is 15.3. The molecule has 1 fully saturated rings. The lowest BCUT2D eigenvalue weighted by Gasteiger charge is -2.13. The number of aromatic nitrogens is 4. The number of nitrogen functional groups attached to an aromatic ring is 1. The van der Waals surface area contributed by atoms with E-state index in [0.29, 0.717) is 29.8 Å². The number of carbonyl (C=O) groups excluding carboxylic acids is 1. The molecule has 0 bridgehead atoms. The molecule has 0 radical (unpaired) electrons. The average molecular weight is 540 g/mol. The number of aryl methyl sites for hydroxylation is 2. The fraction of sp³-hybridized carbons (Fsp3) is 0.483. The van der Waals surface area contributed by atoms with Crippen LogP contribution in [0.5, 0.6) is 0 Å². The van der Waals surface area contributed by atoms with Gasteiger partial charge in [-0.05, 0) is 56.1 Å².